The molecule has 94 valence electrons. The Morgan fingerprint density at radius 2 is 2.33 bits per heavy atom. The predicted octanol–water partition coefficient (Wildman–Crippen LogP) is 3.91. The Hall–Kier alpha value is -1.40. The molecule has 0 saturated carbocycles. The number of aromatic carboxylic acids is 1. The molecule has 0 saturated heterocycles. The van der Waals surface area contributed by atoms with Gasteiger partial charge in [0.05, 0.1) is 16.9 Å². The first-order chi connectivity index (χ1) is 8.60. The molecular formula is C12H11BrN2O2S. The fourth-order valence-corrected chi connectivity index (χ4v) is 2.68. The van der Waals surface area contributed by atoms with Crippen LogP contribution in [0.25, 0.3) is 0 Å². The number of anilines is 2. The summed E-state index contributed by atoms with van der Waals surface area (Å²) in [6, 6.07) is 4.85. The topological polar surface area (TPSA) is 62.2 Å². The maximum atomic E-state index is 10.8. The highest BCUT2D eigenvalue weighted by Gasteiger charge is 2.08. The predicted molar refractivity (Wildman–Crippen MR) is 75.9 cm³/mol. The van der Waals surface area contributed by atoms with Gasteiger partial charge in [0, 0.05) is 9.85 Å². The van der Waals surface area contributed by atoms with Crippen LogP contribution in [0.3, 0.4) is 0 Å². The number of rotatable bonds is 4. The summed E-state index contributed by atoms with van der Waals surface area (Å²) in [6.07, 6.45) is 0.900. The average molecular weight is 327 g/mol. The van der Waals surface area contributed by atoms with Crippen molar-refractivity contribution in [3.05, 3.63) is 39.3 Å². The first-order valence-corrected chi connectivity index (χ1v) is 7.01. The van der Waals surface area contributed by atoms with Gasteiger partial charge in [0.15, 0.2) is 5.13 Å². The molecule has 0 radical (unpaired) electrons. The Bertz CT molecular complexity index is 583. The van der Waals surface area contributed by atoms with E-state index in [9.17, 15) is 4.79 Å². The van der Waals surface area contributed by atoms with Crippen molar-refractivity contribution >= 4 is 44.1 Å². The Morgan fingerprint density at radius 3 is 2.89 bits per heavy atom. The maximum absolute atomic E-state index is 10.8. The van der Waals surface area contributed by atoms with Crippen LogP contribution in [0.5, 0.6) is 0 Å². The number of nitrogens with zero attached hydrogens (tertiary/aromatic N) is 1. The monoisotopic (exact) mass is 326 g/mol. The van der Waals surface area contributed by atoms with E-state index < -0.39 is 5.97 Å². The normalized spacial score (nSPS) is 10.3. The lowest BCUT2D eigenvalue weighted by atomic mass is 10.2. The van der Waals surface area contributed by atoms with E-state index in [0.717, 1.165) is 22.9 Å². The van der Waals surface area contributed by atoms with Gasteiger partial charge in [-0.2, -0.15) is 0 Å². The summed E-state index contributed by atoms with van der Waals surface area (Å²) in [7, 11) is 0. The number of carboxylic acid groups (broad SMARTS) is 1. The van der Waals surface area contributed by atoms with E-state index in [1.807, 2.05) is 5.38 Å². The van der Waals surface area contributed by atoms with E-state index in [0.29, 0.717) is 4.47 Å². The van der Waals surface area contributed by atoms with Crippen LogP contribution < -0.4 is 5.32 Å². The molecule has 0 spiro atoms. The van der Waals surface area contributed by atoms with Crippen molar-refractivity contribution in [2.75, 3.05) is 5.32 Å². The highest BCUT2D eigenvalue weighted by atomic mass is 79.9. The molecule has 2 rings (SSSR count). The van der Waals surface area contributed by atoms with Crippen LogP contribution in [0.1, 0.15) is 23.0 Å². The molecule has 0 amide bonds. The van der Waals surface area contributed by atoms with E-state index in [-0.39, 0.29) is 5.56 Å². The molecule has 0 aliphatic rings. The largest absolute Gasteiger partial charge is 0.478 e. The molecule has 6 heteroatoms. The molecule has 0 fully saturated rings. The standard InChI is InChI=1S/C12H11BrN2O2S/c1-2-8-6-18-12(14-8)15-10-4-3-7(11(16)17)5-9(10)13/h3-6H,2H2,1H3,(H,14,15)(H,16,17). The molecule has 0 unspecified atom stereocenters. The van der Waals surface area contributed by atoms with Crippen LogP contribution in [-0.2, 0) is 6.42 Å². The quantitative estimate of drug-likeness (QED) is 0.894. The number of aromatic nitrogens is 1. The fourth-order valence-electron chi connectivity index (χ4n) is 1.39. The minimum atomic E-state index is -0.940. The van der Waals surface area contributed by atoms with Gasteiger partial charge in [-0.1, -0.05) is 6.92 Å². The van der Waals surface area contributed by atoms with Gasteiger partial charge in [0.1, 0.15) is 0 Å². The zero-order chi connectivity index (χ0) is 13.1. The molecule has 0 atom stereocenters. The smallest absolute Gasteiger partial charge is 0.335 e. The third kappa shape index (κ3) is 2.88. The number of carbonyl (C=O) groups is 1. The van der Waals surface area contributed by atoms with E-state index >= 15 is 0 Å². The molecule has 0 aliphatic carbocycles. The van der Waals surface area contributed by atoms with Crippen molar-refractivity contribution in [2.45, 2.75) is 13.3 Å². The van der Waals surface area contributed by atoms with E-state index in [1.54, 1.807) is 18.2 Å². The summed E-state index contributed by atoms with van der Waals surface area (Å²) in [4.78, 5) is 15.2. The van der Waals surface area contributed by atoms with Crippen molar-refractivity contribution in [1.29, 1.82) is 0 Å². The van der Waals surface area contributed by atoms with Gasteiger partial charge in [0.2, 0.25) is 0 Å². The first kappa shape index (κ1) is 13.0. The number of thiazole rings is 1. The Labute approximate surface area is 117 Å². The lowest BCUT2D eigenvalue weighted by molar-refractivity contribution is 0.0697. The number of benzene rings is 1. The Kier molecular flexibility index (Phi) is 3.98. The molecule has 1 aromatic carbocycles. The number of hydrogen-bond donors (Lipinski definition) is 2. The number of nitrogens with one attached hydrogen (secondary N) is 1. The SMILES string of the molecule is CCc1csc(Nc2ccc(C(=O)O)cc2Br)n1. The molecule has 2 N–H and O–H groups in total. The average Bonchev–Trinajstić information content (AvgIpc) is 2.79. The third-order valence-electron chi connectivity index (χ3n) is 2.37. The Balaban J connectivity index is 2.21. The fraction of sp³-hybridized carbons (Fsp3) is 0.167. The summed E-state index contributed by atoms with van der Waals surface area (Å²) in [5.41, 5.74) is 2.10. The molecule has 1 aromatic heterocycles. The summed E-state index contributed by atoms with van der Waals surface area (Å²) < 4.78 is 0.704. The van der Waals surface area contributed by atoms with Crippen LogP contribution in [0.15, 0.2) is 28.1 Å². The van der Waals surface area contributed by atoms with Crippen molar-refractivity contribution in [3.8, 4) is 0 Å². The van der Waals surface area contributed by atoms with Crippen LogP contribution in [0.2, 0.25) is 0 Å². The second-order valence-corrected chi connectivity index (χ2v) is 5.33. The van der Waals surface area contributed by atoms with Gasteiger partial charge in [0.25, 0.3) is 0 Å². The minimum absolute atomic E-state index is 0.251. The van der Waals surface area contributed by atoms with Gasteiger partial charge in [-0.15, -0.1) is 11.3 Å². The number of carboxylic acids is 1. The lowest BCUT2D eigenvalue weighted by Crippen LogP contribution is -1.98. The van der Waals surface area contributed by atoms with Crippen molar-refractivity contribution in [3.63, 3.8) is 0 Å². The maximum Gasteiger partial charge on any atom is 0.335 e. The first-order valence-electron chi connectivity index (χ1n) is 5.34. The van der Waals surface area contributed by atoms with Crippen LogP contribution >= 0.6 is 27.3 Å². The number of hydrogen-bond acceptors (Lipinski definition) is 4. The van der Waals surface area contributed by atoms with E-state index in [4.69, 9.17) is 5.11 Å². The third-order valence-corrected chi connectivity index (χ3v) is 3.83. The van der Waals surface area contributed by atoms with Gasteiger partial charge < -0.3 is 10.4 Å². The highest BCUT2D eigenvalue weighted by Crippen LogP contribution is 2.28. The van der Waals surface area contributed by atoms with Gasteiger partial charge in [-0.25, -0.2) is 9.78 Å². The molecule has 4 nitrogen and oxygen atoms in total. The molecular weight excluding hydrogens is 316 g/mol. The van der Waals surface area contributed by atoms with Crippen molar-refractivity contribution < 1.29 is 9.90 Å². The minimum Gasteiger partial charge on any atom is -0.478 e. The molecule has 2 aromatic rings. The number of aryl methyl sites for hydroxylation is 1. The zero-order valence-electron chi connectivity index (χ0n) is 9.61. The lowest BCUT2D eigenvalue weighted by Gasteiger charge is -2.06. The van der Waals surface area contributed by atoms with Crippen molar-refractivity contribution in [1.82, 2.24) is 4.98 Å². The number of halogens is 1. The van der Waals surface area contributed by atoms with Gasteiger partial charge >= 0.3 is 5.97 Å². The zero-order valence-corrected chi connectivity index (χ0v) is 12.0. The van der Waals surface area contributed by atoms with Gasteiger partial charge in [-0.05, 0) is 40.5 Å². The summed E-state index contributed by atoms with van der Waals surface area (Å²) >= 11 is 4.88. The molecule has 1 heterocycles. The molecule has 18 heavy (non-hydrogen) atoms. The summed E-state index contributed by atoms with van der Waals surface area (Å²) in [5, 5.41) is 14.8. The molecule has 0 bridgehead atoms. The van der Waals surface area contributed by atoms with Crippen LogP contribution in [0, 0.1) is 0 Å². The summed E-state index contributed by atoms with van der Waals surface area (Å²) in [5.74, 6) is -0.940. The molecule has 0 aliphatic heterocycles. The highest BCUT2D eigenvalue weighted by molar-refractivity contribution is 9.10. The van der Waals surface area contributed by atoms with Crippen molar-refractivity contribution in [2.24, 2.45) is 0 Å². The van der Waals surface area contributed by atoms with Crippen LogP contribution in [-0.4, -0.2) is 16.1 Å². The van der Waals surface area contributed by atoms with E-state index in [1.165, 1.54) is 11.3 Å². The van der Waals surface area contributed by atoms with E-state index in [2.05, 4.69) is 33.2 Å². The second-order valence-electron chi connectivity index (χ2n) is 3.62. The van der Waals surface area contributed by atoms with Gasteiger partial charge in [-0.3, -0.25) is 0 Å². The second kappa shape index (κ2) is 5.49. The Morgan fingerprint density at radius 1 is 1.56 bits per heavy atom. The summed E-state index contributed by atoms with van der Waals surface area (Å²) in [6.45, 7) is 2.05. The van der Waals surface area contributed by atoms with Crippen LogP contribution in [0.4, 0.5) is 10.8 Å².